The predicted octanol–water partition coefficient (Wildman–Crippen LogP) is 4.34. The number of aryl methyl sites for hydroxylation is 1. The molecular weight excluding hydrogens is 592 g/mol. The molecule has 228 valence electrons. The monoisotopic (exact) mass is 615 g/mol. The Morgan fingerprint density at radius 2 is 1.82 bits per heavy atom. The van der Waals surface area contributed by atoms with Crippen molar-refractivity contribution in [3.05, 3.63) is 122 Å². The summed E-state index contributed by atoms with van der Waals surface area (Å²) in [5.41, 5.74) is 1.45. The molecule has 0 spiro atoms. The van der Waals surface area contributed by atoms with E-state index in [1.54, 1.807) is 11.0 Å². The maximum absolute atomic E-state index is 15.9. The molecule has 0 bridgehead atoms. The third-order valence-electron chi connectivity index (χ3n) is 8.46. The number of nitrogens with zero attached hydrogens (tertiary/aromatic N) is 3. The van der Waals surface area contributed by atoms with Gasteiger partial charge in [0.05, 0.1) is 25.5 Å². The van der Waals surface area contributed by atoms with Crippen molar-refractivity contribution < 1.29 is 36.3 Å². The van der Waals surface area contributed by atoms with Crippen molar-refractivity contribution in [2.45, 2.75) is 25.7 Å². The standard InChI is InChI=1S/C32H23F2N3O8/c1-16-23(45-32(40)44-16)14-43-30-22(38)8-10-36-28(30)31(39)35-11-13-41-15-24(35)37(36)27-17-4-2-3-5-18(17)29-20(9-12-42-29)25-19(27)6-7-21(33)26(25)34/h2-10,12,24,27H,11,13-15H2,1H3/t24-,27-/m1/s1. The number of pyridine rings is 1. The molecule has 0 N–H and O–H groups in total. The fraction of sp³-hybridized carbons (Fsp3) is 0.219. The van der Waals surface area contributed by atoms with Gasteiger partial charge in [-0.2, -0.15) is 0 Å². The van der Waals surface area contributed by atoms with Gasteiger partial charge in [-0.1, -0.05) is 30.3 Å². The first-order chi connectivity index (χ1) is 21.8. The van der Waals surface area contributed by atoms with E-state index in [1.165, 1.54) is 36.2 Å². The van der Waals surface area contributed by atoms with Crippen LogP contribution >= 0.6 is 0 Å². The molecule has 8 rings (SSSR count). The largest absolute Gasteiger partial charge is 0.519 e. The number of halogens is 2. The molecule has 2 aliphatic heterocycles. The molecule has 3 aromatic heterocycles. The normalized spacial score (nSPS) is 18.4. The third-order valence-corrected chi connectivity index (χ3v) is 8.46. The number of fused-ring (bicyclic) bond motifs is 7. The van der Waals surface area contributed by atoms with Crippen molar-refractivity contribution in [2.24, 2.45) is 0 Å². The molecule has 2 aromatic carbocycles. The van der Waals surface area contributed by atoms with E-state index in [4.69, 9.17) is 22.7 Å². The van der Waals surface area contributed by atoms with Crippen LogP contribution in [0.15, 0.2) is 83.8 Å². The van der Waals surface area contributed by atoms with Crippen LogP contribution in [0, 0.1) is 18.6 Å². The van der Waals surface area contributed by atoms with Crippen LogP contribution < -0.4 is 21.0 Å². The molecule has 5 heterocycles. The molecule has 2 atom stereocenters. The molecule has 11 nitrogen and oxygen atoms in total. The zero-order valence-electron chi connectivity index (χ0n) is 23.6. The molecule has 1 saturated heterocycles. The number of furan rings is 1. The van der Waals surface area contributed by atoms with Crippen LogP contribution in [-0.4, -0.2) is 41.4 Å². The van der Waals surface area contributed by atoms with Crippen LogP contribution in [0.1, 0.15) is 39.2 Å². The van der Waals surface area contributed by atoms with Crippen LogP contribution in [0.5, 0.6) is 5.75 Å². The molecule has 45 heavy (non-hydrogen) atoms. The zero-order valence-corrected chi connectivity index (χ0v) is 23.6. The SMILES string of the molecule is Cc1oc(=O)oc1COc1c2n(ccc1=O)N([C@@H]1c3ccccc3-c3occc3-c3c1ccc(F)c3F)[C@@H]1COCCN1C2=O. The van der Waals surface area contributed by atoms with E-state index in [-0.39, 0.29) is 54.9 Å². The molecular formula is C32H23F2N3O8. The second-order valence-corrected chi connectivity index (χ2v) is 10.8. The van der Waals surface area contributed by atoms with E-state index in [2.05, 4.69) is 0 Å². The van der Waals surface area contributed by atoms with E-state index in [9.17, 15) is 18.8 Å². The number of aromatic nitrogens is 1. The van der Waals surface area contributed by atoms with Gasteiger partial charge in [-0.25, -0.2) is 13.6 Å². The van der Waals surface area contributed by atoms with Gasteiger partial charge in [0.2, 0.25) is 5.43 Å². The lowest BCUT2D eigenvalue weighted by atomic mass is 9.92. The van der Waals surface area contributed by atoms with Gasteiger partial charge < -0.3 is 27.6 Å². The Hall–Kier alpha value is -5.43. The smallest absolute Gasteiger partial charge is 0.479 e. The number of amides is 1. The van der Waals surface area contributed by atoms with Gasteiger partial charge in [0.1, 0.15) is 18.5 Å². The second-order valence-electron chi connectivity index (χ2n) is 10.8. The Morgan fingerprint density at radius 1 is 0.978 bits per heavy atom. The average Bonchev–Trinajstić information content (AvgIpc) is 3.62. The van der Waals surface area contributed by atoms with Crippen molar-refractivity contribution in [1.82, 2.24) is 9.58 Å². The number of carbonyl (C=O) groups is 1. The van der Waals surface area contributed by atoms with Gasteiger partial charge in [-0.15, -0.1) is 0 Å². The summed E-state index contributed by atoms with van der Waals surface area (Å²) in [6.07, 6.45) is 2.16. The Morgan fingerprint density at radius 3 is 2.64 bits per heavy atom. The number of hydrogen-bond donors (Lipinski definition) is 0. The number of rotatable bonds is 4. The van der Waals surface area contributed by atoms with Crippen LogP contribution in [0.4, 0.5) is 8.78 Å². The van der Waals surface area contributed by atoms with Gasteiger partial charge in [0.25, 0.3) is 5.91 Å². The van der Waals surface area contributed by atoms with Crippen molar-refractivity contribution in [1.29, 1.82) is 0 Å². The summed E-state index contributed by atoms with van der Waals surface area (Å²) in [6.45, 7) is 1.68. The van der Waals surface area contributed by atoms with Crippen LogP contribution in [-0.2, 0) is 11.3 Å². The lowest BCUT2D eigenvalue weighted by Crippen LogP contribution is -2.66. The second kappa shape index (κ2) is 10.1. The van der Waals surface area contributed by atoms with E-state index in [1.807, 2.05) is 29.3 Å². The molecule has 0 unspecified atom stereocenters. The molecule has 1 aliphatic carbocycles. The van der Waals surface area contributed by atoms with Gasteiger partial charge >= 0.3 is 5.82 Å². The summed E-state index contributed by atoms with van der Waals surface area (Å²) < 4.78 is 59.8. The Kier molecular flexibility index (Phi) is 6.07. The number of hydrogen-bond acceptors (Lipinski definition) is 9. The highest BCUT2D eigenvalue weighted by Gasteiger charge is 2.47. The number of carbonyl (C=O) groups excluding carboxylic acids is 1. The van der Waals surface area contributed by atoms with Crippen molar-refractivity contribution >= 4 is 5.91 Å². The van der Waals surface area contributed by atoms with Gasteiger partial charge in [-0.3, -0.25) is 19.3 Å². The van der Waals surface area contributed by atoms with Crippen LogP contribution in [0.25, 0.3) is 22.5 Å². The van der Waals surface area contributed by atoms with Gasteiger partial charge in [0.15, 0.2) is 34.6 Å². The minimum atomic E-state index is -1.04. The van der Waals surface area contributed by atoms with E-state index >= 15 is 4.39 Å². The number of benzene rings is 2. The van der Waals surface area contributed by atoms with Gasteiger partial charge in [0, 0.05) is 35.5 Å². The molecule has 5 aromatic rings. The fourth-order valence-electron chi connectivity index (χ4n) is 6.48. The highest BCUT2D eigenvalue weighted by Crippen LogP contribution is 2.49. The third kappa shape index (κ3) is 4.00. The topological polar surface area (TPSA) is 120 Å². The lowest BCUT2D eigenvalue weighted by Gasteiger charge is -2.51. The quantitative estimate of drug-likeness (QED) is 0.291. The maximum atomic E-state index is 15.9. The molecule has 0 radical (unpaired) electrons. The first-order valence-electron chi connectivity index (χ1n) is 14.1. The summed E-state index contributed by atoms with van der Waals surface area (Å²) in [7, 11) is 0. The molecule has 1 amide bonds. The van der Waals surface area contributed by atoms with E-state index in [0.29, 0.717) is 28.0 Å². The minimum absolute atomic E-state index is 0.0182. The highest BCUT2D eigenvalue weighted by molar-refractivity contribution is 5.97. The number of morpholine rings is 1. The molecule has 1 fully saturated rings. The Balaban J connectivity index is 1.38. The summed E-state index contributed by atoms with van der Waals surface area (Å²) in [4.78, 5) is 40.5. The van der Waals surface area contributed by atoms with E-state index < -0.39 is 41.0 Å². The Labute approximate surface area is 252 Å². The number of ether oxygens (including phenoxy) is 2. The Bertz CT molecular complexity index is 2130. The van der Waals surface area contributed by atoms with Crippen LogP contribution in [0.2, 0.25) is 0 Å². The van der Waals surface area contributed by atoms with Crippen LogP contribution in [0.3, 0.4) is 0 Å². The summed E-state index contributed by atoms with van der Waals surface area (Å²) in [5.74, 6) is -3.17. The molecule has 13 heteroatoms. The average molecular weight is 616 g/mol. The predicted molar refractivity (Wildman–Crippen MR) is 152 cm³/mol. The lowest BCUT2D eigenvalue weighted by molar-refractivity contribution is -0.0198. The highest BCUT2D eigenvalue weighted by atomic mass is 19.2. The van der Waals surface area contributed by atoms with Gasteiger partial charge in [-0.05, 0) is 30.2 Å². The minimum Gasteiger partial charge on any atom is -0.479 e. The fourth-order valence-corrected chi connectivity index (χ4v) is 6.48. The van der Waals surface area contributed by atoms with Crippen molar-refractivity contribution in [2.75, 3.05) is 24.8 Å². The molecule has 0 saturated carbocycles. The van der Waals surface area contributed by atoms with Crippen molar-refractivity contribution in [3.8, 4) is 28.2 Å². The summed E-state index contributed by atoms with van der Waals surface area (Å²) in [6, 6.07) is 11.9. The maximum Gasteiger partial charge on any atom is 0.519 e. The summed E-state index contributed by atoms with van der Waals surface area (Å²) in [5, 5.41) is 1.81. The first-order valence-corrected chi connectivity index (χ1v) is 14.1. The first kappa shape index (κ1) is 27.1. The summed E-state index contributed by atoms with van der Waals surface area (Å²) >= 11 is 0. The molecule has 3 aliphatic rings. The van der Waals surface area contributed by atoms with E-state index in [0.717, 1.165) is 6.07 Å². The zero-order chi connectivity index (χ0) is 31.0. The van der Waals surface area contributed by atoms with Crippen molar-refractivity contribution in [3.63, 3.8) is 0 Å².